The Balaban J connectivity index is 3.91. The topological polar surface area (TPSA) is 52.4 Å². The van der Waals surface area contributed by atoms with Crippen molar-refractivity contribution in [3.8, 4) is 0 Å². The highest BCUT2D eigenvalue weighted by molar-refractivity contribution is 6.74. The minimum atomic E-state index is -1.69. The van der Waals surface area contributed by atoms with Gasteiger partial charge in [-0.3, -0.25) is 10.1 Å². The van der Waals surface area contributed by atoms with Gasteiger partial charge in [0.05, 0.1) is 4.92 Å². The van der Waals surface area contributed by atoms with Gasteiger partial charge in [-0.2, -0.15) is 0 Å². The molecule has 0 aromatic rings. The lowest BCUT2D eigenvalue weighted by Gasteiger charge is -2.36. The van der Waals surface area contributed by atoms with Crippen molar-refractivity contribution in [1.82, 2.24) is 0 Å². The minimum Gasteiger partial charge on any atom is -0.417 e. The van der Waals surface area contributed by atoms with Crippen LogP contribution in [0.1, 0.15) is 27.2 Å². The molecule has 0 aliphatic carbocycles. The molecule has 0 amide bonds. The van der Waals surface area contributed by atoms with E-state index in [1.807, 2.05) is 0 Å². The van der Waals surface area contributed by atoms with Crippen molar-refractivity contribution in [2.24, 2.45) is 0 Å². The van der Waals surface area contributed by atoms with Gasteiger partial charge in [0.25, 0.3) is 0 Å². The van der Waals surface area contributed by atoms with Crippen molar-refractivity contribution < 1.29 is 9.35 Å². The molecule has 0 N–H and O–H groups in total. The summed E-state index contributed by atoms with van der Waals surface area (Å²) in [5.41, 5.74) is 0. The SMILES string of the molecule is CC(C)(C)[Si](C)(C)OCCC=C[N+](=O)[O-]. The Hall–Kier alpha value is -0.683. The van der Waals surface area contributed by atoms with Crippen LogP contribution in [0.4, 0.5) is 0 Å². The van der Waals surface area contributed by atoms with Crippen LogP contribution in [0.2, 0.25) is 18.1 Å². The molecular weight excluding hydrogens is 210 g/mol. The molecule has 0 fully saturated rings. The summed E-state index contributed by atoms with van der Waals surface area (Å²) in [5.74, 6) is 0. The van der Waals surface area contributed by atoms with Gasteiger partial charge in [0.1, 0.15) is 0 Å². The standard InChI is InChI=1S/C10H21NO3Si/c1-10(2,3)15(4,5)14-9-7-6-8-11(12)13/h6,8H,7,9H2,1-5H3. The second-order valence-electron chi connectivity index (χ2n) is 5.07. The number of hydrogen-bond acceptors (Lipinski definition) is 3. The van der Waals surface area contributed by atoms with Crippen molar-refractivity contribution in [3.05, 3.63) is 22.4 Å². The van der Waals surface area contributed by atoms with E-state index in [9.17, 15) is 10.1 Å². The van der Waals surface area contributed by atoms with Gasteiger partial charge >= 0.3 is 0 Å². The first kappa shape index (κ1) is 14.3. The zero-order valence-corrected chi connectivity index (χ0v) is 11.2. The lowest BCUT2D eigenvalue weighted by molar-refractivity contribution is -0.402. The van der Waals surface area contributed by atoms with Crippen molar-refractivity contribution in [2.75, 3.05) is 6.61 Å². The molecule has 15 heavy (non-hydrogen) atoms. The first-order valence-electron chi connectivity index (χ1n) is 5.11. The van der Waals surface area contributed by atoms with E-state index in [0.29, 0.717) is 13.0 Å². The summed E-state index contributed by atoms with van der Waals surface area (Å²) in [6.45, 7) is 11.4. The molecular formula is C10H21NO3Si. The fourth-order valence-corrected chi connectivity index (χ4v) is 1.82. The van der Waals surface area contributed by atoms with Gasteiger partial charge in [-0.1, -0.05) is 20.8 Å². The number of rotatable bonds is 5. The number of nitrogens with zero attached hydrogens (tertiary/aromatic N) is 1. The summed E-state index contributed by atoms with van der Waals surface area (Å²) in [5, 5.41) is 10.2. The summed E-state index contributed by atoms with van der Waals surface area (Å²) in [4.78, 5) is 9.55. The van der Waals surface area contributed by atoms with Crippen LogP contribution in [0.15, 0.2) is 12.3 Å². The van der Waals surface area contributed by atoms with Crippen molar-refractivity contribution in [2.45, 2.75) is 45.3 Å². The average molecular weight is 231 g/mol. The number of hydrogen-bond donors (Lipinski definition) is 0. The molecule has 0 spiro atoms. The zero-order chi connectivity index (χ0) is 12.1. The van der Waals surface area contributed by atoms with E-state index in [-0.39, 0.29) is 5.04 Å². The first-order valence-corrected chi connectivity index (χ1v) is 8.02. The van der Waals surface area contributed by atoms with Crippen molar-refractivity contribution in [3.63, 3.8) is 0 Å². The molecule has 0 unspecified atom stereocenters. The zero-order valence-electron chi connectivity index (χ0n) is 10.2. The van der Waals surface area contributed by atoms with Gasteiger partial charge in [-0.15, -0.1) is 0 Å². The Morgan fingerprint density at radius 1 is 1.40 bits per heavy atom. The van der Waals surface area contributed by atoms with Gasteiger partial charge in [0.15, 0.2) is 8.32 Å². The third-order valence-corrected chi connectivity index (χ3v) is 7.32. The number of nitro groups is 1. The quantitative estimate of drug-likeness (QED) is 0.316. The van der Waals surface area contributed by atoms with Crippen molar-refractivity contribution >= 4 is 8.32 Å². The van der Waals surface area contributed by atoms with Crippen LogP contribution < -0.4 is 0 Å². The monoisotopic (exact) mass is 231 g/mol. The molecule has 5 heteroatoms. The molecule has 88 valence electrons. The van der Waals surface area contributed by atoms with Crippen molar-refractivity contribution in [1.29, 1.82) is 0 Å². The minimum absolute atomic E-state index is 0.194. The average Bonchev–Trinajstić information content (AvgIpc) is 2.00. The fourth-order valence-electron chi connectivity index (χ4n) is 0.759. The third kappa shape index (κ3) is 5.69. The van der Waals surface area contributed by atoms with E-state index in [1.54, 1.807) is 0 Å². The van der Waals surface area contributed by atoms with Gasteiger partial charge in [0.2, 0.25) is 6.20 Å². The summed E-state index contributed by atoms with van der Waals surface area (Å²) in [7, 11) is -1.69. The van der Waals surface area contributed by atoms with Gasteiger partial charge in [-0.25, -0.2) is 0 Å². The summed E-state index contributed by atoms with van der Waals surface area (Å²) >= 11 is 0. The van der Waals surface area contributed by atoms with E-state index < -0.39 is 13.2 Å². The smallest absolute Gasteiger partial charge is 0.230 e. The maximum Gasteiger partial charge on any atom is 0.230 e. The Morgan fingerprint density at radius 3 is 2.33 bits per heavy atom. The van der Waals surface area contributed by atoms with E-state index in [2.05, 4.69) is 33.9 Å². The van der Waals surface area contributed by atoms with Crippen LogP contribution in [0.25, 0.3) is 0 Å². The molecule has 0 aromatic heterocycles. The molecule has 0 bridgehead atoms. The van der Waals surface area contributed by atoms with Crippen LogP contribution in [0, 0.1) is 10.1 Å². The third-order valence-electron chi connectivity index (χ3n) is 2.78. The Kier molecular flexibility index (Phi) is 5.17. The van der Waals surface area contributed by atoms with Crippen LogP contribution >= 0.6 is 0 Å². The predicted molar refractivity (Wildman–Crippen MR) is 63.9 cm³/mol. The molecule has 0 radical (unpaired) electrons. The van der Waals surface area contributed by atoms with E-state index in [1.165, 1.54) is 6.08 Å². The van der Waals surface area contributed by atoms with Gasteiger partial charge < -0.3 is 4.43 Å². The second kappa shape index (κ2) is 5.41. The molecule has 0 aliphatic rings. The largest absolute Gasteiger partial charge is 0.417 e. The molecule has 0 atom stereocenters. The van der Waals surface area contributed by atoms with Gasteiger partial charge in [0, 0.05) is 6.61 Å². The summed E-state index contributed by atoms with van der Waals surface area (Å²) in [6, 6.07) is 0. The molecule has 0 rings (SSSR count). The molecule has 0 saturated carbocycles. The molecule has 0 aromatic carbocycles. The van der Waals surface area contributed by atoms with Crippen LogP contribution in [0.3, 0.4) is 0 Å². The maximum absolute atomic E-state index is 10.0. The van der Waals surface area contributed by atoms with Crippen LogP contribution in [0.5, 0.6) is 0 Å². The molecule has 4 nitrogen and oxygen atoms in total. The van der Waals surface area contributed by atoms with E-state index in [4.69, 9.17) is 4.43 Å². The highest BCUT2D eigenvalue weighted by Gasteiger charge is 2.36. The first-order chi connectivity index (χ1) is 6.67. The summed E-state index contributed by atoms with van der Waals surface area (Å²) < 4.78 is 5.84. The van der Waals surface area contributed by atoms with Crippen LogP contribution in [-0.4, -0.2) is 19.8 Å². The normalized spacial score (nSPS) is 13.4. The Bertz CT molecular complexity index is 244. The lowest BCUT2D eigenvalue weighted by Crippen LogP contribution is -2.40. The second-order valence-corrected chi connectivity index (χ2v) is 9.88. The fraction of sp³-hybridized carbons (Fsp3) is 0.800. The van der Waals surface area contributed by atoms with Crippen LogP contribution in [-0.2, 0) is 4.43 Å². The molecule has 0 heterocycles. The molecule has 0 aliphatic heterocycles. The molecule has 0 saturated heterocycles. The Morgan fingerprint density at radius 2 is 1.93 bits per heavy atom. The highest BCUT2D eigenvalue weighted by atomic mass is 28.4. The van der Waals surface area contributed by atoms with E-state index in [0.717, 1.165) is 6.20 Å². The lowest BCUT2D eigenvalue weighted by atomic mass is 10.2. The maximum atomic E-state index is 10.0. The van der Waals surface area contributed by atoms with E-state index >= 15 is 0 Å². The Labute approximate surface area is 92.6 Å². The summed E-state index contributed by atoms with van der Waals surface area (Å²) in [6.07, 6.45) is 3.11. The highest BCUT2D eigenvalue weighted by Crippen LogP contribution is 2.36. The van der Waals surface area contributed by atoms with Gasteiger partial charge in [-0.05, 0) is 30.6 Å². The predicted octanol–water partition coefficient (Wildman–Crippen LogP) is 3.19.